The van der Waals surface area contributed by atoms with Crippen LogP contribution in [-0.2, 0) is 0 Å². The summed E-state index contributed by atoms with van der Waals surface area (Å²) in [7, 11) is 0. The highest BCUT2D eigenvalue weighted by Crippen LogP contribution is 2.47. The third-order valence-corrected chi connectivity index (χ3v) is 5.81. The van der Waals surface area contributed by atoms with Crippen molar-refractivity contribution in [1.82, 2.24) is 5.32 Å². The molecule has 1 nitrogen and oxygen atoms in total. The average Bonchev–Trinajstić information content (AvgIpc) is 2.65. The Labute approximate surface area is 122 Å². The molecule has 2 unspecified atom stereocenters. The van der Waals surface area contributed by atoms with Gasteiger partial charge in [0.2, 0.25) is 0 Å². The lowest BCUT2D eigenvalue weighted by molar-refractivity contribution is 0.0988. The average molecular weight is 279 g/mol. The lowest BCUT2D eigenvalue weighted by atomic mass is 9.65. The van der Waals surface area contributed by atoms with Crippen molar-refractivity contribution < 1.29 is 0 Å². The van der Waals surface area contributed by atoms with Crippen molar-refractivity contribution >= 4 is 11.3 Å². The van der Waals surface area contributed by atoms with Gasteiger partial charge in [0, 0.05) is 15.8 Å². The van der Waals surface area contributed by atoms with Crippen molar-refractivity contribution in [2.75, 3.05) is 6.54 Å². The SMILES string of the molecule is CCNC(c1cc(C)sc1C)C1CCCCC1(C)C. The van der Waals surface area contributed by atoms with Crippen LogP contribution in [0.25, 0.3) is 0 Å². The van der Waals surface area contributed by atoms with E-state index in [0.717, 1.165) is 12.5 Å². The van der Waals surface area contributed by atoms with Crippen LogP contribution >= 0.6 is 11.3 Å². The van der Waals surface area contributed by atoms with Crippen molar-refractivity contribution in [1.29, 1.82) is 0 Å². The lowest BCUT2D eigenvalue weighted by Gasteiger charge is -2.43. The highest BCUT2D eigenvalue weighted by molar-refractivity contribution is 7.12. The van der Waals surface area contributed by atoms with Crippen LogP contribution in [0.2, 0.25) is 0 Å². The van der Waals surface area contributed by atoms with E-state index < -0.39 is 0 Å². The van der Waals surface area contributed by atoms with Gasteiger partial charge in [-0.2, -0.15) is 0 Å². The molecule has 1 fully saturated rings. The predicted molar refractivity (Wildman–Crippen MR) is 85.9 cm³/mol. The first-order chi connectivity index (χ1) is 8.95. The van der Waals surface area contributed by atoms with E-state index in [2.05, 4.69) is 46.0 Å². The summed E-state index contributed by atoms with van der Waals surface area (Å²) in [6.45, 7) is 12.7. The van der Waals surface area contributed by atoms with E-state index in [1.807, 2.05) is 11.3 Å². The maximum Gasteiger partial charge on any atom is 0.0364 e. The normalized spacial score (nSPS) is 24.4. The molecule has 0 aromatic carbocycles. The summed E-state index contributed by atoms with van der Waals surface area (Å²) in [4.78, 5) is 2.95. The second-order valence-corrected chi connectivity index (χ2v) is 8.21. The van der Waals surface area contributed by atoms with Crippen LogP contribution in [0.1, 0.15) is 67.8 Å². The van der Waals surface area contributed by atoms with Gasteiger partial charge in [0.1, 0.15) is 0 Å². The molecule has 0 amide bonds. The number of nitrogens with one attached hydrogen (secondary N) is 1. The lowest BCUT2D eigenvalue weighted by Crippen LogP contribution is -2.39. The number of thiophene rings is 1. The minimum absolute atomic E-state index is 0.466. The van der Waals surface area contributed by atoms with E-state index in [9.17, 15) is 0 Å². The molecular weight excluding hydrogens is 250 g/mol. The Bertz CT molecular complexity index is 419. The Morgan fingerprint density at radius 2 is 2.11 bits per heavy atom. The maximum absolute atomic E-state index is 3.79. The molecule has 0 radical (unpaired) electrons. The summed E-state index contributed by atoms with van der Waals surface area (Å²) >= 11 is 1.95. The van der Waals surface area contributed by atoms with Gasteiger partial charge in [0.15, 0.2) is 0 Å². The molecule has 1 aromatic heterocycles. The van der Waals surface area contributed by atoms with Crippen LogP contribution < -0.4 is 5.32 Å². The van der Waals surface area contributed by atoms with E-state index in [1.165, 1.54) is 35.4 Å². The Balaban J connectivity index is 2.31. The summed E-state index contributed by atoms with van der Waals surface area (Å²) in [5.41, 5.74) is 2.03. The zero-order chi connectivity index (χ0) is 14.0. The molecule has 1 aromatic rings. The van der Waals surface area contributed by atoms with E-state index in [-0.39, 0.29) is 0 Å². The fourth-order valence-corrected chi connectivity index (χ4v) is 4.76. The topological polar surface area (TPSA) is 12.0 Å². The molecule has 0 bridgehead atoms. The highest BCUT2D eigenvalue weighted by Gasteiger charge is 2.38. The van der Waals surface area contributed by atoms with Gasteiger partial charge in [-0.3, -0.25) is 0 Å². The third-order valence-electron chi connectivity index (χ3n) is 4.83. The van der Waals surface area contributed by atoms with E-state index in [0.29, 0.717) is 11.5 Å². The second-order valence-electron chi connectivity index (χ2n) is 6.74. The first-order valence-corrected chi connectivity index (χ1v) is 8.57. The molecule has 1 saturated carbocycles. The number of hydrogen-bond donors (Lipinski definition) is 1. The Morgan fingerprint density at radius 1 is 1.37 bits per heavy atom. The Hall–Kier alpha value is -0.340. The summed E-state index contributed by atoms with van der Waals surface area (Å²) in [5, 5.41) is 3.79. The smallest absolute Gasteiger partial charge is 0.0364 e. The largest absolute Gasteiger partial charge is 0.310 e. The van der Waals surface area contributed by atoms with Crippen LogP contribution in [0.5, 0.6) is 0 Å². The standard InChI is InChI=1S/C17H29NS/c1-6-18-16(14-11-12(2)19-13(14)3)15-9-7-8-10-17(15,4)5/h11,15-16,18H,6-10H2,1-5H3. The quantitative estimate of drug-likeness (QED) is 0.795. The zero-order valence-electron chi connectivity index (χ0n) is 13.2. The fourth-order valence-electron chi connectivity index (χ4n) is 3.79. The first-order valence-electron chi connectivity index (χ1n) is 7.76. The Morgan fingerprint density at radius 3 is 2.63 bits per heavy atom. The highest BCUT2D eigenvalue weighted by atomic mass is 32.1. The molecule has 1 aliphatic rings. The van der Waals surface area contributed by atoms with Gasteiger partial charge in [-0.15, -0.1) is 11.3 Å². The van der Waals surface area contributed by atoms with E-state index >= 15 is 0 Å². The van der Waals surface area contributed by atoms with Crippen LogP contribution in [0.3, 0.4) is 0 Å². The number of hydrogen-bond acceptors (Lipinski definition) is 2. The van der Waals surface area contributed by atoms with Crippen molar-refractivity contribution in [2.45, 2.75) is 66.3 Å². The second kappa shape index (κ2) is 5.97. The summed E-state index contributed by atoms with van der Waals surface area (Å²) in [5.74, 6) is 0.772. The molecular formula is C17H29NS. The fraction of sp³-hybridized carbons (Fsp3) is 0.765. The van der Waals surface area contributed by atoms with Gasteiger partial charge in [-0.25, -0.2) is 0 Å². The minimum Gasteiger partial charge on any atom is -0.310 e. The molecule has 1 heterocycles. The van der Waals surface area contributed by atoms with Gasteiger partial charge in [0.05, 0.1) is 0 Å². The van der Waals surface area contributed by atoms with Crippen LogP contribution in [0.4, 0.5) is 0 Å². The van der Waals surface area contributed by atoms with Crippen molar-refractivity contribution in [2.24, 2.45) is 11.3 Å². The van der Waals surface area contributed by atoms with Gasteiger partial charge in [0.25, 0.3) is 0 Å². The monoisotopic (exact) mass is 279 g/mol. The summed E-state index contributed by atoms with van der Waals surface area (Å²) in [6.07, 6.45) is 5.56. The zero-order valence-corrected chi connectivity index (χ0v) is 14.0. The van der Waals surface area contributed by atoms with Crippen LogP contribution in [0, 0.1) is 25.2 Å². The predicted octanol–water partition coefficient (Wildman–Crippen LogP) is 5.23. The molecule has 19 heavy (non-hydrogen) atoms. The van der Waals surface area contributed by atoms with Crippen LogP contribution in [0.15, 0.2) is 6.07 Å². The van der Waals surface area contributed by atoms with Gasteiger partial charge in [-0.1, -0.05) is 33.6 Å². The maximum atomic E-state index is 3.79. The molecule has 2 atom stereocenters. The summed E-state index contributed by atoms with van der Waals surface area (Å²) in [6, 6.07) is 2.96. The van der Waals surface area contributed by atoms with Gasteiger partial charge < -0.3 is 5.32 Å². The molecule has 2 heteroatoms. The minimum atomic E-state index is 0.466. The first kappa shape index (κ1) is 15.1. The van der Waals surface area contributed by atoms with Gasteiger partial charge in [-0.05, 0) is 56.2 Å². The molecule has 108 valence electrons. The molecule has 0 spiro atoms. The van der Waals surface area contributed by atoms with Crippen molar-refractivity contribution in [3.63, 3.8) is 0 Å². The molecule has 2 rings (SSSR count). The molecule has 0 saturated heterocycles. The third kappa shape index (κ3) is 3.22. The van der Waals surface area contributed by atoms with Gasteiger partial charge >= 0.3 is 0 Å². The van der Waals surface area contributed by atoms with Crippen molar-refractivity contribution in [3.05, 3.63) is 21.4 Å². The van der Waals surface area contributed by atoms with E-state index in [4.69, 9.17) is 0 Å². The van der Waals surface area contributed by atoms with Crippen LogP contribution in [-0.4, -0.2) is 6.54 Å². The van der Waals surface area contributed by atoms with Crippen molar-refractivity contribution in [3.8, 4) is 0 Å². The number of aryl methyl sites for hydroxylation is 2. The summed E-state index contributed by atoms with van der Waals surface area (Å²) < 4.78 is 0. The molecule has 1 aliphatic carbocycles. The number of rotatable bonds is 4. The molecule has 0 aliphatic heterocycles. The Kier molecular flexibility index (Phi) is 4.73. The van der Waals surface area contributed by atoms with E-state index in [1.54, 1.807) is 5.56 Å². The molecule has 1 N–H and O–H groups in total.